The molecule has 9 nitrogen and oxygen atoms in total. The van der Waals surface area contributed by atoms with E-state index in [0.29, 0.717) is 45.2 Å². The molecular formula is C27H20B8N6O3. The molecule has 44 heavy (non-hydrogen) atoms. The summed E-state index contributed by atoms with van der Waals surface area (Å²) < 4.78 is 5.20. The molecule has 5 rings (SSSR count). The van der Waals surface area contributed by atoms with Gasteiger partial charge in [-0.05, 0) is 69.9 Å². The number of nitrogens with one attached hydrogen (secondary N) is 2. The highest BCUT2D eigenvalue weighted by molar-refractivity contribution is 6.60. The van der Waals surface area contributed by atoms with Crippen LogP contribution in [0.25, 0.3) is 11.3 Å². The van der Waals surface area contributed by atoms with Crippen molar-refractivity contribution in [2.45, 2.75) is 40.7 Å². The first kappa shape index (κ1) is 31.9. The van der Waals surface area contributed by atoms with Crippen LogP contribution in [0, 0.1) is 18.3 Å². The minimum absolute atomic E-state index is 0.0493. The molecule has 0 saturated carbocycles. The van der Waals surface area contributed by atoms with Gasteiger partial charge in [0.15, 0.2) is 0 Å². The number of aliphatic hydroxyl groups excluding tert-OH is 1. The Balaban J connectivity index is 1.50. The fourth-order valence-corrected chi connectivity index (χ4v) is 5.32. The van der Waals surface area contributed by atoms with Crippen LogP contribution in [0.15, 0.2) is 42.6 Å². The van der Waals surface area contributed by atoms with Crippen LogP contribution in [0.2, 0.25) is 0 Å². The van der Waals surface area contributed by atoms with Gasteiger partial charge >= 0.3 is 0 Å². The Morgan fingerprint density at radius 1 is 1.11 bits per heavy atom. The van der Waals surface area contributed by atoms with E-state index in [2.05, 4.69) is 26.7 Å². The van der Waals surface area contributed by atoms with Gasteiger partial charge in [0.25, 0.3) is 5.91 Å². The third kappa shape index (κ3) is 4.87. The van der Waals surface area contributed by atoms with Gasteiger partial charge < -0.3 is 25.4 Å². The molecule has 3 heterocycles. The number of carbonyl (C=O) groups is 1. The van der Waals surface area contributed by atoms with Crippen molar-refractivity contribution in [1.82, 2.24) is 14.9 Å². The van der Waals surface area contributed by atoms with Gasteiger partial charge in [-0.3, -0.25) is 4.79 Å². The standard InChI is InChI=1S/C27H20B8N6O3/c1-13-16(21(43)41-24(28,29)26(32,33)44-27(34,35)25(41,30)31)4-3-5-18(13)39-22-37-7-6-19(40-22)14-8-15(10-36)20-17(9-14)23(2,12-42)11-38-20/h3-9,38,42H,11-12H2,1-2H3,(H,37,39,40)/t23-/m1/s1. The molecule has 0 unspecified atom stereocenters. The zero-order chi connectivity index (χ0) is 32.5. The van der Waals surface area contributed by atoms with Gasteiger partial charge in [-0.2, -0.15) is 5.26 Å². The van der Waals surface area contributed by atoms with E-state index in [4.69, 9.17) is 67.5 Å². The lowest BCUT2D eigenvalue weighted by atomic mass is 9.30. The first-order valence-electron chi connectivity index (χ1n) is 13.4. The second-order valence-corrected chi connectivity index (χ2v) is 11.5. The molecule has 0 spiro atoms. The number of aliphatic hydroxyl groups is 1. The number of hydrogen-bond donors (Lipinski definition) is 3. The van der Waals surface area contributed by atoms with Gasteiger partial charge in [0.1, 0.15) is 37.5 Å². The highest BCUT2D eigenvalue weighted by Gasteiger charge is 2.58. The zero-order valence-electron chi connectivity index (χ0n) is 24.1. The third-order valence-corrected chi connectivity index (χ3v) is 8.21. The maximum atomic E-state index is 13.9. The number of hydrogen-bond acceptors (Lipinski definition) is 8. The number of ether oxygens (including phenoxy) is 1. The minimum atomic E-state index is -2.46. The molecule has 1 atom stereocenters. The number of fused-ring (bicyclic) bond motifs is 1. The summed E-state index contributed by atoms with van der Waals surface area (Å²) in [6, 6.07) is 12.3. The van der Waals surface area contributed by atoms with Gasteiger partial charge in [-0.1, -0.05) is 13.0 Å². The van der Waals surface area contributed by atoms with Gasteiger partial charge in [-0.15, -0.1) is 0 Å². The van der Waals surface area contributed by atoms with E-state index < -0.39 is 32.8 Å². The Bertz CT molecular complexity index is 1690. The zero-order valence-corrected chi connectivity index (χ0v) is 24.1. The average Bonchev–Trinajstić information content (AvgIpc) is 3.29. The molecule has 3 N–H and O–H groups in total. The summed E-state index contributed by atoms with van der Waals surface area (Å²) in [5.41, 5.74) is 3.43. The SMILES string of the molecule is [B]C1([B])OC([B])([B])C([B])([B])N(C(=O)c2cccc(Nc3nccc(-c4cc(C#N)c5c(c4)[C@@](C)(CO)CN5)n3)c2C)C1([B])[B]. The molecule has 3 aromatic rings. The maximum absolute atomic E-state index is 13.9. The number of nitriles is 1. The van der Waals surface area contributed by atoms with Crippen LogP contribution in [-0.4, -0.2) is 123 Å². The Morgan fingerprint density at radius 3 is 2.39 bits per heavy atom. The van der Waals surface area contributed by atoms with Crippen LogP contribution in [0.5, 0.6) is 0 Å². The topological polar surface area (TPSA) is 123 Å². The minimum Gasteiger partial charge on any atom is -0.405 e. The van der Waals surface area contributed by atoms with Gasteiger partial charge in [0.2, 0.25) is 5.95 Å². The molecule has 2 aliphatic rings. The van der Waals surface area contributed by atoms with Crippen molar-refractivity contribution in [2.24, 2.45) is 0 Å². The van der Waals surface area contributed by atoms with E-state index in [0.717, 1.165) is 5.56 Å². The molecule has 200 valence electrons. The number of morpholine rings is 1. The van der Waals surface area contributed by atoms with Crippen LogP contribution >= 0.6 is 0 Å². The number of amides is 1. The summed E-state index contributed by atoms with van der Waals surface area (Å²) >= 11 is 0. The number of aromatic nitrogens is 2. The van der Waals surface area contributed by atoms with Crippen molar-refractivity contribution in [3.63, 3.8) is 0 Å². The van der Waals surface area contributed by atoms with Crippen molar-refractivity contribution in [3.05, 3.63) is 64.8 Å². The smallest absolute Gasteiger partial charge is 0.252 e. The first-order valence-corrected chi connectivity index (χ1v) is 13.4. The van der Waals surface area contributed by atoms with Gasteiger partial charge in [0.05, 0.1) is 54.9 Å². The molecule has 1 fully saturated rings. The highest BCUT2D eigenvalue weighted by Crippen LogP contribution is 2.42. The monoisotopic (exact) mass is 564 g/mol. The lowest BCUT2D eigenvalue weighted by Gasteiger charge is -2.70. The fourth-order valence-electron chi connectivity index (χ4n) is 5.32. The highest BCUT2D eigenvalue weighted by atomic mass is 16.5. The van der Waals surface area contributed by atoms with Crippen molar-refractivity contribution in [2.75, 3.05) is 23.8 Å². The van der Waals surface area contributed by atoms with E-state index in [1.54, 1.807) is 37.4 Å². The molecule has 1 aromatic heterocycles. The Morgan fingerprint density at radius 2 is 1.77 bits per heavy atom. The predicted molar refractivity (Wildman–Crippen MR) is 174 cm³/mol. The molecule has 0 aliphatic carbocycles. The number of nitrogens with zero attached hydrogens (tertiary/aromatic N) is 4. The maximum Gasteiger partial charge on any atom is 0.252 e. The molecule has 2 aliphatic heterocycles. The van der Waals surface area contributed by atoms with Gasteiger partial charge in [0, 0.05) is 35.0 Å². The molecule has 1 saturated heterocycles. The van der Waals surface area contributed by atoms with Crippen molar-refractivity contribution >= 4 is 86.0 Å². The molecule has 0 bridgehead atoms. The van der Waals surface area contributed by atoms with Crippen LogP contribution < -0.4 is 10.6 Å². The summed E-state index contributed by atoms with van der Waals surface area (Å²) in [7, 11) is 48.4. The number of rotatable bonds is 5. The Labute approximate surface area is 267 Å². The van der Waals surface area contributed by atoms with E-state index >= 15 is 0 Å². The molecule has 1 amide bonds. The number of carbonyl (C=O) groups excluding carboxylic acids is 1. The lowest BCUT2D eigenvalue weighted by Crippen LogP contribution is -2.86. The van der Waals surface area contributed by atoms with Crippen LogP contribution in [0.3, 0.4) is 0 Å². The van der Waals surface area contributed by atoms with E-state index in [1.807, 2.05) is 13.0 Å². The van der Waals surface area contributed by atoms with E-state index in [9.17, 15) is 15.2 Å². The van der Waals surface area contributed by atoms with E-state index in [1.165, 1.54) is 6.07 Å². The summed E-state index contributed by atoms with van der Waals surface area (Å²) in [5, 5.41) is 16.4. The van der Waals surface area contributed by atoms with Crippen LogP contribution in [0.4, 0.5) is 17.3 Å². The molecular weight excluding hydrogens is 543 g/mol. The third-order valence-electron chi connectivity index (χ3n) is 8.21. The average molecular weight is 563 g/mol. The summed E-state index contributed by atoms with van der Waals surface area (Å²) in [6.45, 7) is 3.95. The van der Waals surface area contributed by atoms with E-state index in [-0.39, 0.29) is 18.1 Å². The second kappa shape index (κ2) is 10.6. The Kier molecular flexibility index (Phi) is 7.66. The van der Waals surface area contributed by atoms with Crippen molar-refractivity contribution in [1.29, 1.82) is 5.26 Å². The molecule has 16 radical (unpaired) electrons. The van der Waals surface area contributed by atoms with Gasteiger partial charge in [-0.25, -0.2) is 9.97 Å². The number of anilines is 3. The quantitative estimate of drug-likeness (QED) is 0.345. The van der Waals surface area contributed by atoms with Crippen molar-refractivity contribution in [3.8, 4) is 17.3 Å². The first-order chi connectivity index (χ1) is 20.4. The normalized spacial score (nSPS) is 22.3. The summed E-state index contributed by atoms with van der Waals surface area (Å²) in [4.78, 5) is 23.5. The molecule has 17 heteroatoms. The summed E-state index contributed by atoms with van der Waals surface area (Å²) in [6.07, 6.45) is 1.55. The molecule has 2 aromatic carbocycles. The lowest BCUT2D eigenvalue weighted by molar-refractivity contribution is -0.0965. The second-order valence-electron chi connectivity index (χ2n) is 11.5. The van der Waals surface area contributed by atoms with Crippen LogP contribution in [0.1, 0.15) is 34.0 Å². The summed E-state index contributed by atoms with van der Waals surface area (Å²) in [5.74, 6) is -0.698. The fraction of sp³-hybridized carbons (Fsp3) is 0.333. The van der Waals surface area contributed by atoms with Crippen LogP contribution in [-0.2, 0) is 10.2 Å². The predicted octanol–water partition coefficient (Wildman–Crippen LogP) is -0.822. The Hall–Kier alpha value is -3.48. The van der Waals surface area contributed by atoms with Crippen molar-refractivity contribution < 1.29 is 14.6 Å². The number of benzene rings is 2. The largest absolute Gasteiger partial charge is 0.405 e.